The van der Waals surface area contributed by atoms with Crippen LogP contribution < -0.4 is 0 Å². The molecule has 0 bridgehead atoms. The molecule has 0 saturated carbocycles. The van der Waals surface area contributed by atoms with Crippen molar-refractivity contribution in [1.82, 2.24) is 0 Å². The number of hydrogen-bond donors (Lipinski definition) is 1. The second-order valence-electron chi connectivity index (χ2n) is 2.47. The molecule has 0 unspecified atom stereocenters. The van der Waals surface area contributed by atoms with Gasteiger partial charge in [-0.05, 0) is 6.42 Å². The molecule has 0 aromatic heterocycles. The van der Waals surface area contributed by atoms with Crippen LogP contribution in [0.5, 0.6) is 0 Å². The molecule has 0 spiro atoms. The summed E-state index contributed by atoms with van der Waals surface area (Å²) in [6, 6.07) is 0. The predicted molar refractivity (Wildman–Crippen MR) is 63.7 cm³/mol. The van der Waals surface area contributed by atoms with Crippen molar-refractivity contribution in [3.8, 4) is 0 Å². The zero-order valence-electron chi connectivity index (χ0n) is 8.98. The van der Waals surface area contributed by atoms with Gasteiger partial charge in [-0.1, -0.05) is 19.4 Å². The third-order valence-corrected chi connectivity index (χ3v) is 4.32. The Morgan fingerprint density at radius 1 is 1.29 bits per heavy atom. The van der Waals surface area contributed by atoms with Crippen molar-refractivity contribution in [2.24, 2.45) is 0 Å². The summed E-state index contributed by atoms with van der Waals surface area (Å²) in [6.07, 6.45) is 3.31. The van der Waals surface area contributed by atoms with Crippen LogP contribution in [0.25, 0.3) is 0 Å². The van der Waals surface area contributed by atoms with E-state index in [4.69, 9.17) is 17.5 Å². The van der Waals surface area contributed by atoms with Gasteiger partial charge < -0.3 is 21.6 Å². The van der Waals surface area contributed by atoms with E-state index in [1.165, 1.54) is 0 Å². The smallest absolute Gasteiger partial charge is 0.412 e. The Morgan fingerprint density at radius 2 is 1.94 bits per heavy atom. The molecule has 6 nitrogen and oxygen atoms in total. The molecule has 0 aliphatic rings. The first-order valence-electron chi connectivity index (χ1n) is 4.46. The van der Waals surface area contributed by atoms with Gasteiger partial charge in [-0.2, -0.15) is 0 Å². The lowest BCUT2D eigenvalue weighted by Gasteiger charge is -2.02. The van der Waals surface area contributed by atoms with E-state index in [2.05, 4.69) is 14.6 Å². The van der Waals surface area contributed by atoms with Crippen molar-refractivity contribution in [3.05, 3.63) is 11.3 Å². The van der Waals surface area contributed by atoms with E-state index in [0.717, 1.165) is 12.8 Å². The third kappa shape index (κ3) is 11.0. The molecule has 0 atom stereocenters. The van der Waals surface area contributed by atoms with E-state index in [0.29, 0.717) is 0 Å². The Morgan fingerprint density at radius 3 is 2.53 bits per heavy atom. The van der Waals surface area contributed by atoms with E-state index < -0.39 is 5.97 Å². The van der Waals surface area contributed by atoms with E-state index in [-0.39, 0.29) is 45.0 Å². The second kappa shape index (κ2) is 12.6. The monoisotopic (exact) mass is 317 g/mol. The highest BCUT2D eigenvalue weighted by atomic mass is 28.4. The standard InChI is InChI=1S/C6H9O6Si5/c1-2-3-4-5(6(7)8)14-10-16-12-17-11-15-9-13/h4H,2-3H2,1H3,(H,7,8)/b5-4+. The van der Waals surface area contributed by atoms with Crippen molar-refractivity contribution in [3.63, 3.8) is 0 Å². The summed E-state index contributed by atoms with van der Waals surface area (Å²) in [5.74, 6) is -0.950. The molecule has 11 heteroatoms. The van der Waals surface area contributed by atoms with Crippen molar-refractivity contribution in [1.29, 1.82) is 0 Å². The second-order valence-corrected chi connectivity index (χ2v) is 6.98. The van der Waals surface area contributed by atoms with Crippen LogP contribution in [-0.4, -0.2) is 61.3 Å². The first-order valence-corrected chi connectivity index (χ1v) is 8.23. The first-order chi connectivity index (χ1) is 8.22. The number of allylic oxidation sites excluding steroid dienone is 1. The number of aliphatic carboxylic acids is 1. The summed E-state index contributed by atoms with van der Waals surface area (Å²) in [7, 11) is 2.00. The number of rotatable bonds is 11. The van der Waals surface area contributed by atoms with Crippen LogP contribution in [0, 0.1) is 0 Å². The van der Waals surface area contributed by atoms with Crippen LogP contribution in [0.1, 0.15) is 19.8 Å². The maximum Gasteiger partial charge on any atom is 0.412 e. The van der Waals surface area contributed by atoms with Crippen LogP contribution in [0.15, 0.2) is 11.3 Å². The van der Waals surface area contributed by atoms with Gasteiger partial charge in [-0.15, -0.1) is 0 Å². The van der Waals surface area contributed by atoms with Gasteiger partial charge in [0.15, 0.2) is 0 Å². The number of carboxylic acids is 1. The van der Waals surface area contributed by atoms with E-state index in [1.807, 2.05) is 6.92 Å². The summed E-state index contributed by atoms with van der Waals surface area (Å²) in [5, 5.41) is 9.13. The molecule has 0 fully saturated rings. The highest BCUT2D eigenvalue weighted by molar-refractivity contribution is 6.54. The molecule has 0 aliphatic carbocycles. The Balaban J connectivity index is 3.58. The molecule has 0 rings (SSSR count). The van der Waals surface area contributed by atoms with Crippen molar-refractivity contribution in [2.75, 3.05) is 0 Å². The van der Waals surface area contributed by atoms with Gasteiger partial charge in [0, 0.05) is 5.20 Å². The molecule has 89 valence electrons. The van der Waals surface area contributed by atoms with Crippen molar-refractivity contribution in [2.45, 2.75) is 19.8 Å². The van der Waals surface area contributed by atoms with Crippen molar-refractivity contribution >= 4 is 56.2 Å². The third-order valence-electron chi connectivity index (χ3n) is 1.28. The Kier molecular flexibility index (Phi) is 12.7. The topological polar surface area (TPSA) is 74.2 Å². The minimum absolute atomic E-state index is 0.135. The minimum Gasteiger partial charge on any atom is -0.478 e. The predicted octanol–water partition coefficient (Wildman–Crippen LogP) is -0.873. The zero-order valence-corrected chi connectivity index (χ0v) is 14.0. The molecular formula is C6H9O6Si5. The van der Waals surface area contributed by atoms with E-state index in [1.54, 1.807) is 6.08 Å². The fourth-order valence-corrected chi connectivity index (χ4v) is 3.45. The average Bonchev–Trinajstić information content (AvgIpc) is 2.31. The lowest BCUT2D eigenvalue weighted by atomic mass is 10.3. The maximum absolute atomic E-state index is 10.8. The molecule has 0 aromatic rings. The van der Waals surface area contributed by atoms with Gasteiger partial charge in [0.2, 0.25) is 10.5 Å². The summed E-state index contributed by atoms with van der Waals surface area (Å²) >= 11 is 0. The summed E-state index contributed by atoms with van der Waals surface area (Å²) < 4.78 is 19.4. The molecular weight excluding hydrogens is 308 g/mol. The average molecular weight is 318 g/mol. The molecule has 0 aromatic carbocycles. The van der Waals surface area contributed by atoms with Gasteiger partial charge in [-0.25, -0.2) is 4.79 Å². The number of unbranched alkanes of at least 4 members (excludes halogenated alkanes) is 1. The summed E-state index contributed by atoms with van der Waals surface area (Å²) in [5.41, 5.74) is 0. The van der Waals surface area contributed by atoms with Gasteiger partial charge in [0.25, 0.3) is 9.76 Å². The Labute approximate surface area is 114 Å². The Bertz CT molecular complexity index is 237. The van der Waals surface area contributed by atoms with Crippen molar-refractivity contribution < 1.29 is 26.4 Å². The Hall–Kier alpha value is 0.134. The van der Waals surface area contributed by atoms with E-state index >= 15 is 0 Å². The molecule has 17 heavy (non-hydrogen) atoms. The SMILES string of the molecule is CCC/C=C(/[Si]O[Si]O[Si]O[Si]O[Si])C(=O)O. The molecule has 0 aliphatic heterocycles. The highest BCUT2D eigenvalue weighted by Crippen LogP contribution is 1.98. The fraction of sp³-hybridized carbons (Fsp3) is 0.500. The number of carbonyl (C=O) groups is 1. The summed E-state index contributed by atoms with van der Waals surface area (Å²) in [6.45, 7) is 1.98. The van der Waals surface area contributed by atoms with Gasteiger partial charge in [0.1, 0.15) is 0 Å². The van der Waals surface area contributed by atoms with Crippen LogP contribution in [-0.2, 0) is 21.3 Å². The van der Waals surface area contributed by atoms with E-state index in [9.17, 15) is 4.79 Å². The number of hydrogen-bond acceptors (Lipinski definition) is 5. The van der Waals surface area contributed by atoms with Crippen LogP contribution in [0.4, 0.5) is 0 Å². The lowest BCUT2D eigenvalue weighted by Crippen LogP contribution is -2.19. The normalized spacial score (nSPS) is 11.8. The quantitative estimate of drug-likeness (QED) is 0.303. The molecule has 1 N–H and O–H groups in total. The van der Waals surface area contributed by atoms with Gasteiger partial charge in [0.05, 0.1) is 0 Å². The molecule has 0 saturated heterocycles. The van der Waals surface area contributed by atoms with Crippen LogP contribution in [0.2, 0.25) is 0 Å². The number of carboxylic acid groups (broad SMARTS) is 1. The molecule has 0 heterocycles. The lowest BCUT2D eigenvalue weighted by molar-refractivity contribution is -0.132. The fourth-order valence-electron chi connectivity index (χ4n) is 0.634. The largest absolute Gasteiger partial charge is 0.478 e. The minimum atomic E-state index is -0.950. The van der Waals surface area contributed by atoms with Crippen LogP contribution in [0.3, 0.4) is 0 Å². The van der Waals surface area contributed by atoms with Crippen LogP contribution >= 0.6 is 0 Å². The first kappa shape index (κ1) is 17.1. The summed E-state index contributed by atoms with van der Waals surface area (Å²) in [4.78, 5) is 10.8. The maximum atomic E-state index is 10.8. The highest BCUT2D eigenvalue weighted by Gasteiger charge is 2.10. The van der Waals surface area contributed by atoms with Gasteiger partial charge in [-0.3, -0.25) is 0 Å². The van der Waals surface area contributed by atoms with Gasteiger partial charge >= 0.3 is 36.0 Å². The molecule has 11 radical (unpaired) electrons. The molecule has 0 amide bonds. The zero-order chi connectivity index (χ0) is 12.9.